The highest BCUT2D eigenvalue weighted by Gasteiger charge is 2.20. The summed E-state index contributed by atoms with van der Waals surface area (Å²) in [7, 11) is 0. The summed E-state index contributed by atoms with van der Waals surface area (Å²) >= 11 is 0. The minimum absolute atomic E-state index is 0.0157. The summed E-state index contributed by atoms with van der Waals surface area (Å²) in [5.41, 5.74) is 7.77. The van der Waals surface area contributed by atoms with Gasteiger partial charge in [-0.05, 0) is 46.2 Å². The van der Waals surface area contributed by atoms with Gasteiger partial charge in [-0.3, -0.25) is 19.7 Å². The molecular weight excluding hydrogens is 534 g/mol. The Morgan fingerprint density at radius 1 is 0.738 bits per heavy atom. The van der Waals surface area contributed by atoms with Crippen LogP contribution in [0.4, 0.5) is 11.4 Å². The van der Waals surface area contributed by atoms with Gasteiger partial charge in [0.1, 0.15) is 12.4 Å². The molecule has 9 heteroatoms. The number of carbonyl (C=O) groups is 2. The number of nitrogens with zero attached hydrogens (tertiary/aromatic N) is 1. The molecule has 0 fully saturated rings. The molecule has 0 spiro atoms. The second-order valence-corrected chi connectivity index (χ2v) is 9.52. The molecule has 2 amide bonds. The molecule has 0 unspecified atom stereocenters. The molecule has 5 aromatic rings. The van der Waals surface area contributed by atoms with Crippen molar-refractivity contribution in [3.63, 3.8) is 0 Å². The van der Waals surface area contributed by atoms with Crippen LogP contribution in [0.3, 0.4) is 0 Å². The van der Waals surface area contributed by atoms with Gasteiger partial charge in [0.25, 0.3) is 5.91 Å². The molecule has 9 nitrogen and oxygen atoms in total. The molecule has 0 bridgehead atoms. The third kappa shape index (κ3) is 6.71. The van der Waals surface area contributed by atoms with Crippen LogP contribution in [0.1, 0.15) is 31.8 Å². The summed E-state index contributed by atoms with van der Waals surface area (Å²) in [5, 5.41) is 16.6. The predicted molar refractivity (Wildman–Crippen MR) is 160 cm³/mol. The van der Waals surface area contributed by atoms with Crippen molar-refractivity contribution in [2.24, 2.45) is 5.73 Å². The first kappa shape index (κ1) is 27.9. The van der Waals surface area contributed by atoms with Gasteiger partial charge in [0.15, 0.2) is 5.75 Å². The van der Waals surface area contributed by atoms with E-state index in [0.717, 1.165) is 21.9 Å². The summed E-state index contributed by atoms with van der Waals surface area (Å²) in [5.74, 6) is -0.950. The summed E-state index contributed by atoms with van der Waals surface area (Å²) in [6, 6.07) is 31.8. The van der Waals surface area contributed by atoms with Crippen LogP contribution in [0.5, 0.6) is 11.5 Å². The molecule has 0 saturated carbocycles. The number of amides is 2. The van der Waals surface area contributed by atoms with Crippen LogP contribution >= 0.6 is 0 Å². The number of nitrogens with one attached hydrogen (secondary N) is 1. The van der Waals surface area contributed by atoms with E-state index in [4.69, 9.17) is 15.2 Å². The van der Waals surface area contributed by atoms with E-state index in [1.165, 1.54) is 36.4 Å². The van der Waals surface area contributed by atoms with Gasteiger partial charge in [0, 0.05) is 29.7 Å². The van der Waals surface area contributed by atoms with Crippen molar-refractivity contribution in [2.75, 3.05) is 11.9 Å². The fourth-order valence-electron chi connectivity index (χ4n) is 4.42. The van der Waals surface area contributed by atoms with Crippen molar-refractivity contribution in [3.8, 4) is 11.5 Å². The zero-order valence-electron chi connectivity index (χ0n) is 22.5. The number of nitrogens with two attached hydrogens (primary N) is 1. The van der Waals surface area contributed by atoms with Gasteiger partial charge in [-0.25, -0.2) is 0 Å². The highest BCUT2D eigenvalue weighted by atomic mass is 16.6. The van der Waals surface area contributed by atoms with Crippen LogP contribution in [0.2, 0.25) is 0 Å². The average Bonchev–Trinajstić information content (AvgIpc) is 3.00. The lowest BCUT2D eigenvalue weighted by molar-refractivity contribution is -0.385. The van der Waals surface area contributed by atoms with Gasteiger partial charge in [0.05, 0.1) is 17.2 Å². The molecule has 0 aliphatic carbocycles. The van der Waals surface area contributed by atoms with E-state index < -0.39 is 16.7 Å². The largest absolute Gasteiger partial charge is 0.487 e. The third-order valence-corrected chi connectivity index (χ3v) is 6.63. The Hall–Kier alpha value is -5.70. The van der Waals surface area contributed by atoms with E-state index in [9.17, 15) is 19.7 Å². The van der Waals surface area contributed by atoms with Crippen LogP contribution in [-0.2, 0) is 13.0 Å². The fraction of sp³-hybridized carbons (Fsp3) is 0.0909. The molecule has 0 radical (unpaired) electrons. The van der Waals surface area contributed by atoms with Crippen molar-refractivity contribution < 1.29 is 24.0 Å². The number of carbonyl (C=O) groups excluding carboxylic acids is 2. The smallest absolute Gasteiger partial charge is 0.310 e. The highest BCUT2D eigenvalue weighted by Crippen LogP contribution is 2.31. The Balaban J connectivity index is 1.32. The number of anilines is 1. The van der Waals surface area contributed by atoms with Crippen molar-refractivity contribution in [1.82, 2.24) is 0 Å². The topological polar surface area (TPSA) is 134 Å². The van der Waals surface area contributed by atoms with Crippen LogP contribution in [0, 0.1) is 10.1 Å². The average molecular weight is 562 g/mol. The number of rotatable bonds is 11. The van der Waals surface area contributed by atoms with Gasteiger partial charge < -0.3 is 20.5 Å². The molecule has 3 N–H and O–H groups in total. The summed E-state index contributed by atoms with van der Waals surface area (Å²) in [6.45, 7) is 0.370. The molecule has 42 heavy (non-hydrogen) atoms. The van der Waals surface area contributed by atoms with Gasteiger partial charge >= 0.3 is 5.69 Å². The van der Waals surface area contributed by atoms with Gasteiger partial charge in [0.2, 0.25) is 5.91 Å². The molecular formula is C33H27N3O6. The van der Waals surface area contributed by atoms with Gasteiger partial charge in [-0.2, -0.15) is 0 Å². The Morgan fingerprint density at radius 2 is 1.45 bits per heavy atom. The standard InChI is InChI=1S/C33H27N3O6/c34-32(37)26-12-14-28(30(19-26)42-21-23-6-2-1-3-7-23)35-33(38)27-13-15-29(36(39)40)31(20-27)41-17-16-22-10-11-24-8-4-5-9-25(24)18-22/h1-15,18-20H,16-17,21H2,(H2,34,37)(H,35,38). The minimum Gasteiger partial charge on any atom is -0.487 e. The number of fused-ring (bicyclic) bond motifs is 1. The Morgan fingerprint density at radius 3 is 2.21 bits per heavy atom. The molecule has 5 aromatic carbocycles. The number of primary amides is 1. The van der Waals surface area contributed by atoms with Crippen molar-refractivity contribution >= 4 is 34.0 Å². The normalized spacial score (nSPS) is 10.7. The summed E-state index contributed by atoms with van der Waals surface area (Å²) < 4.78 is 11.7. The molecule has 0 aliphatic heterocycles. The lowest BCUT2D eigenvalue weighted by Crippen LogP contribution is -2.15. The molecule has 0 heterocycles. The zero-order chi connectivity index (χ0) is 29.5. The van der Waals surface area contributed by atoms with Crippen molar-refractivity contribution in [1.29, 1.82) is 0 Å². The van der Waals surface area contributed by atoms with E-state index in [-0.39, 0.29) is 41.5 Å². The van der Waals surface area contributed by atoms with Crippen LogP contribution in [0.15, 0.2) is 109 Å². The monoisotopic (exact) mass is 561 g/mol. The quantitative estimate of drug-likeness (QED) is 0.144. The lowest BCUT2D eigenvalue weighted by atomic mass is 10.1. The number of nitro groups is 1. The molecule has 0 saturated heterocycles. The van der Waals surface area contributed by atoms with E-state index >= 15 is 0 Å². The van der Waals surface area contributed by atoms with Crippen molar-refractivity contribution in [2.45, 2.75) is 13.0 Å². The Bertz CT molecular complexity index is 1770. The lowest BCUT2D eigenvalue weighted by Gasteiger charge is -2.14. The summed E-state index contributed by atoms with van der Waals surface area (Å²) in [6.07, 6.45) is 0.521. The minimum atomic E-state index is -0.640. The van der Waals surface area contributed by atoms with Gasteiger partial charge in [-0.15, -0.1) is 0 Å². The fourth-order valence-corrected chi connectivity index (χ4v) is 4.42. The molecule has 0 aromatic heterocycles. The first-order chi connectivity index (χ1) is 20.4. The van der Waals surface area contributed by atoms with E-state index in [2.05, 4.69) is 11.4 Å². The maximum atomic E-state index is 13.2. The third-order valence-electron chi connectivity index (χ3n) is 6.63. The van der Waals surface area contributed by atoms with E-state index in [1.807, 2.05) is 66.7 Å². The highest BCUT2D eigenvalue weighted by molar-refractivity contribution is 6.06. The molecule has 0 aliphatic rings. The van der Waals surface area contributed by atoms with Crippen molar-refractivity contribution in [3.05, 3.63) is 142 Å². The number of hydrogen-bond acceptors (Lipinski definition) is 6. The predicted octanol–water partition coefficient (Wildman–Crippen LogP) is 6.30. The number of ether oxygens (including phenoxy) is 2. The molecule has 0 atom stereocenters. The maximum Gasteiger partial charge on any atom is 0.310 e. The molecule has 5 rings (SSSR count). The Labute approximate surface area is 241 Å². The zero-order valence-corrected chi connectivity index (χ0v) is 22.5. The summed E-state index contributed by atoms with van der Waals surface area (Å²) in [4.78, 5) is 36.1. The van der Waals surface area contributed by atoms with Crippen LogP contribution in [0.25, 0.3) is 10.8 Å². The van der Waals surface area contributed by atoms with Crippen LogP contribution < -0.4 is 20.5 Å². The maximum absolute atomic E-state index is 13.2. The van der Waals surface area contributed by atoms with Gasteiger partial charge in [-0.1, -0.05) is 72.8 Å². The molecule has 210 valence electrons. The first-order valence-electron chi connectivity index (χ1n) is 13.2. The van der Waals surface area contributed by atoms with E-state index in [1.54, 1.807) is 0 Å². The number of hydrogen-bond donors (Lipinski definition) is 2. The van der Waals surface area contributed by atoms with E-state index in [0.29, 0.717) is 12.1 Å². The van der Waals surface area contributed by atoms with Crippen LogP contribution in [-0.4, -0.2) is 23.3 Å². The SMILES string of the molecule is NC(=O)c1ccc(NC(=O)c2ccc([N+](=O)[O-])c(OCCc3ccc4ccccc4c3)c2)c(OCc2ccccc2)c1. The number of nitro benzene ring substituents is 1. The first-order valence-corrected chi connectivity index (χ1v) is 13.2. The second kappa shape index (κ2) is 12.6. The number of benzene rings is 5. The Kier molecular flexibility index (Phi) is 8.39. The second-order valence-electron chi connectivity index (χ2n) is 9.52.